The normalized spacial score (nSPS) is 20.9. The van der Waals surface area contributed by atoms with Gasteiger partial charge >= 0.3 is 11.9 Å². The van der Waals surface area contributed by atoms with Crippen molar-refractivity contribution in [2.75, 3.05) is 33.0 Å². The topological polar surface area (TPSA) is 149 Å². The first kappa shape index (κ1) is 29.0. The Morgan fingerprint density at radius 1 is 0.857 bits per heavy atom. The van der Waals surface area contributed by atoms with Crippen molar-refractivity contribution in [3.63, 3.8) is 0 Å². The lowest BCUT2D eigenvalue weighted by Crippen LogP contribution is -2.24. The van der Waals surface area contributed by atoms with Crippen molar-refractivity contribution < 1.29 is 48.7 Å². The fraction of sp³-hybridized carbons (Fsp3) is 0.812. The van der Waals surface area contributed by atoms with Crippen molar-refractivity contribution >= 4 is 37.2 Å². The third kappa shape index (κ3) is 19.5. The van der Waals surface area contributed by atoms with E-state index in [1.165, 1.54) is 0 Å². The molecule has 0 amide bonds. The van der Waals surface area contributed by atoms with E-state index in [0.29, 0.717) is 6.61 Å². The van der Waals surface area contributed by atoms with Gasteiger partial charge in [0.1, 0.15) is 19.8 Å². The molecule has 0 bridgehead atoms. The minimum atomic E-state index is -1.19. The molecular formula is C16H27BClO10. The lowest BCUT2D eigenvalue weighted by molar-refractivity contribution is -0.178. The zero-order valence-electron chi connectivity index (χ0n) is 15.6. The van der Waals surface area contributed by atoms with Crippen molar-refractivity contribution in [2.24, 2.45) is 0 Å². The second-order valence-corrected chi connectivity index (χ2v) is 5.94. The number of ether oxygens (including phenoxy) is 4. The maximum absolute atomic E-state index is 10.3. The van der Waals surface area contributed by atoms with Crippen LogP contribution >= 0.6 is 11.6 Å². The van der Waals surface area contributed by atoms with Crippen molar-refractivity contribution in [1.29, 1.82) is 0 Å². The number of hydrogen-bond acceptors (Lipinski definition) is 8. The minimum absolute atomic E-state index is 0. The van der Waals surface area contributed by atoms with Gasteiger partial charge in [-0.3, -0.25) is 4.79 Å². The predicted molar refractivity (Wildman–Crippen MR) is 98.1 cm³/mol. The van der Waals surface area contributed by atoms with E-state index in [2.05, 4.69) is 0 Å². The van der Waals surface area contributed by atoms with Crippen LogP contribution in [0.15, 0.2) is 0 Å². The van der Waals surface area contributed by atoms with Gasteiger partial charge in [-0.15, -0.1) is 0 Å². The van der Waals surface area contributed by atoms with Gasteiger partial charge in [-0.05, 0) is 50.1 Å². The summed E-state index contributed by atoms with van der Waals surface area (Å²) < 4.78 is 20.3. The summed E-state index contributed by atoms with van der Waals surface area (Å²) in [5.41, 5.74) is 0. The molecule has 2 rings (SSSR count). The second-order valence-electron chi connectivity index (χ2n) is 5.51. The van der Waals surface area contributed by atoms with Crippen LogP contribution in [-0.4, -0.2) is 86.5 Å². The number of aliphatic carboxylic acids is 2. The van der Waals surface area contributed by atoms with Gasteiger partial charge in [-0.2, -0.15) is 0 Å². The van der Waals surface area contributed by atoms with Gasteiger partial charge in [0.25, 0.3) is 0 Å². The summed E-state index contributed by atoms with van der Waals surface area (Å²) in [6.45, 7) is 0.322. The highest BCUT2D eigenvalue weighted by atomic mass is 35.5. The number of hydrogen-bond donors (Lipinski definition) is 3. The van der Waals surface area contributed by atoms with E-state index < -0.39 is 23.8 Å². The molecule has 2 aliphatic heterocycles. The standard InChI is InChI=1S/C7H11ClO3.C7H12O4.C2H4O3.B/c2*8-6(9)5-11-7-3-1-2-4-10-7;3-1-2(4)5;/h7H,1-5H2;7H,1-5H2,(H,8,9);3H,1H2,(H,4,5);. The summed E-state index contributed by atoms with van der Waals surface area (Å²) in [6, 6.07) is 0. The van der Waals surface area contributed by atoms with E-state index in [1.807, 2.05) is 0 Å². The van der Waals surface area contributed by atoms with Crippen molar-refractivity contribution in [3.05, 3.63) is 0 Å². The highest BCUT2D eigenvalue weighted by Crippen LogP contribution is 2.14. The van der Waals surface area contributed by atoms with E-state index in [1.54, 1.807) is 0 Å². The zero-order valence-corrected chi connectivity index (χ0v) is 16.3. The molecule has 2 fully saturated rings. The first-order valence-corrected chi connectivity index (χ1v) is 8.92. The van der Waals surface area contributed by atoms with Crippen LogP contribution in [0, 0.1) is 0 Å². The van der Waals surface area contributed by atoms with Gasteiger partial charge < -0.3 is 34.3 Å². The molecule has 0 saturated carbocycles. The smallest absolute Gasteiger partial charge is 0.329 e. The number of aliphatic hydroxyl groups excluding tert-OH is 1. The van der Waals surface area contributed by atoms with Crippen LogP contribution in [0.2, 0.25) is 0 Å². The second kappa shape index (κ2) is 19.1. The summed E-state index contributed by atoms with van der Waals surface area (Å²) in [5.74, 6) is -2.14. The molecule has 0 aliphatic carbocycles. The van der Waals surface area contributed by atoms with E-state index in [0.717, 1.165) is 45.1 Å². The molecule has 2 heterocycles. The highest BCUT2D eigenvalue weighted by molar-refractivity contribution is 6.63. The maximum Gasteiger partial charge on any atom is 0.329 e. The number of carboxylic acid groups (broad SMARTS) is 2. The summed E-state index contributed by atoms with van der Waals surface area (Å²) in [4.78, 5) is 29.5. The van der Waals surface area contributed by atoms with Gasteiger partial charge in [0.2, 0.25) is 5.24 Å². The lowest BCUT2D eigenvalue weighted by Gasteiger charge is -2.21. The van der Waals surface area contributed by atoms with Crippen LogP contribution in [0.4, 0.5) is 0 Å². The Labute approximate surface area is 170 Å². The van der Waals surface area contributed by atoms with Crippen LogP contribution < -0.4 is 0 Å². The van der Waals surface area contributed by atoms with Crippen molar-refractivity contribution in [2.45, 2.75) is 51.1 Å². The summed E-state index contributed by atoms with van der Waals surface area (Å²) in [7, 11) is 0. The molecule has 12 heteroatoms. The predicted octanol–water partition coefficient (Wildman–Crippen LogP) is 0.592. The number of carboxylic acids is 2. The Balaban J connectivity index is 0. The molecule has 0 spiro atoms. The number of carbonyl (C=O) groups is 3. The molecule has 2 unspecified atom stereocenters. The first-order valence-electron chi connectivity index (χ1n) is 8.54. The molecule has 0 aromatic carbocycles. The minimum Gasteiger partial charge on any atom is -0.480 e. The Morgan fingerprint density at radius 3 is 1.57 bits per heavy atom. The average Bonchev–Trinajstić information content (AvgIpc) is 2.67. The van der Waals surface area contributed by atoms with E-state index in [9.17, 15) is 9.59 Å². The molecule has 2 aliphatic rings. The maximum atomic E-state index is 10.3. The third-order valence-corrected chi connectivity index (χ3v) is 3.30. The number of rotatable bonds is 7. The Morgan fingerprint density at radius 2 is 1.29 bits per heavy atom. The van der Waals surface area contributed by atoms with Crippen molar-refractivity contribution in [3.8, 4) is 0 Å². The van der Waals surface area contributed by atoms with Gasteiger partial charge in [0.15, 0.2) is 12.6 Å². The zero-order chi connectivity index (χ0) is 20.5. The Kier molecular flexibility index (Phi) is 19.8. The summed E-state index contributed by atoms with van der Waals surface area (Å²) in [6.07, 6.45) is 5.45. The SMILES string of the molecule is O=C(Cl)COC1CCCCO1.O=C(O)CO.O=C(O)COC1CCCCO1.[B]. The van der Waals surface area contributed by atoms with E-state index in [4.69, 9.17) is 50.7 Å². The van der Waals surface area contributed by atoms with Crippen LogP contribution in [0.5, 0.6) is 0 Å². The largest absolute Gasteiger partial charge is 0.480 e. The number of carbonyl (C=O) groups excluding carboxylic acids is 1. The average molecular weight is 426 g/mol. The number of aliphatic hydroxyl groups is 1. The molecule has 3 radical (unpaired) electrons. The molecule has 10 nitrogen and oxygen atoms in total. The van der Waals surface area contributed by atoms with Gasteiger partial charge in [-0.25, -0.2) is 9.59 Å². The van der Waals surface area contributed by atoms with Gasteiger partial charge in [0, 0.05) is 21.6 Å². The van der Waals surface area contributed by atoms with E-state index in [-0.39, 0.29) is 34.2 Å². The first-order chi connectivity index (χ1) is 12.8. The van der Waals surface area contributed by atoms with Crippen LogP contribution in [0.1, 0.15) is 38.5 Å². The Hall–Kier alpha value is -1.24. The quantitative estimate of drug-likeness (QED) is 0.391. The van der Waals surface area contributed by atoms with Crippen LogP contribution in [0.25, 0.3) is 0 Å². The molecule has 28 heavy (non-hydrogen) atoms. The molecule has 2 atom stereocenters. The lowest BCUT2D eigenvalue weighted by atomic mass is 10.2. The van der Waals surface area contributed by atoms with E-state index >= 15 is 0 Å². The van der Waals surface area contributed by atoms with Gasteiger partial charge in [0.05, 0.1) is 0 Å². The molecule has 3 N–H and O–H groups in total. The summed E-state index contributed by atoms with van der Waals surface area (Å²) >= 11 is 5.08. The number of halogens is 1. The summed E-state index contributed by atoms with van der Waals surface area (Å²) in [5, 5.41) is 22.8. The van der Waals surface area contributed by atoms with Crippen LogP contribution in [-0.2, 0) is 33.3 Å². The molecule has 161 valence electrons. The fourth-order valence-electron chi connectivity index (χ4n) is 2.01. The van der Waals surface area contributed by atoms with Crippen molar-refractivity contribution in [1.82, 2.24) is 0 Å². The molecule has 2 saturated heterocycles. The molecular weight excluding hydrogens is 398 g/mol. The molecule has 0 aromatic heterocycles. The fourth-order valence-corrected chi connectivity index (χ4v) is 2.07. The van der Waals surface area contributed by atoms with Crippen LogP contribution in [0.3, 0.4) is 0 Å². The molecule has 0 aromatic rings. The monoisotopic (exact) mass is 425 g/mol. The third-order valence-electron chi connectivity index (χ3n) is 3.19. The van der Waals surface area contributed by atoms with Gasteiger partial charge in [-0.1, -0.05) is 0 Å². The highest BCUT2D eigenvalue weighted by Gasteiger charge is 2.15. The Bertz CT molecular complexity index is 394.